The Morgan fingerprint density at radius 1 is 1.39 bits per heavy atom. The minimum absolute atomic E-state index is 0.633. The summed E-state index contributed by atoms with van der Waals surface area (Å²) in [7, 11) is 1.63. The van der Waals surface area contributed by atoms with E-state index < -0.39 is 0 Å². The highest BCUT2D eigenvalue weighted by atomic mass is 32.1. The average Bonchev–Trinajstić information content (AvgIpc) is 2.88. The van der Waals surface area contributed by atoms with E-state index in [1.165, 1.54) is 20.9 Å². The quantitative estimate of drug-likeness (QED) is 0.810. The lowest BCUT2D eigenvalue weighted by Crippen LogP contribution is -1.91. The lowest BCUT2D eigenvalue weighted by molar-refractivity contribution is 0.398. The number of aryl methyl sites for hydroxylation is 1. The molecule has 0 fully saturated rings. The predicted octanol–water partition coefficient (Wildman–Crippen LogP) is 5.01. The monoisotopic (exact) mass is 328 g/mol. The summed E-state index contributed by atoms with van der Waals surface area (Å²) in [5.41, 5.74) is 10.2. The zero-order valence-electron chi connectivity index (χ0n) is 14.2. The molecule has 122 valence electrons. The Morgan fingerprint density at radius 3 is 2.74 bits per heavy atom. The molecule has 0 saturated heterocycles. The van der Waals surface area contributed by atoms with Gasteiger partial charge in [0.2, 0.25) is 5.88 Å². The molecule has 0 aromatic carbocycles. The number of methoxy groups -OCH3 is 1. The minimum atomic E-state index is 0.633. The first-order valence-corrected chi connectivity index (χ1v) is 8.62. The maximum atomic E-state index is 5.83. The third kappa shape index (κ3) is 4.45. The average molecular weight is 328 g/mol. The molecule has 0 spiro atoms. The highest BCUT2D eigenvalue weighted by Crippen LogP contribution is 2.33. The second kappa shape index (κ2) is 7.97. The largest absolute Gasteiger partial charge is 0.481 e. The number of hydrogen-bond donors (Lipinski definition) is 1. The second-order valence-corrected chi connectivity index (χ2v) is 6.76. The fourth-order valence-electron chi connectivity index (χ4n) is 2.33. The van der Waals surface area contributed by atoms with E-state index in [2.05, 4.69) is 37.0 Å². The number of thiophene rings is 1. The van der Waals surface area contributed by atoms with Gasteiger partial charge in [-0.3, -0.25) is 0 Å². The Balaban J connectivity index is 2.44. The van der Waals surface area contributed by atoms with Gasteiger partial charge in [-0.15, -0.1) is 11.3 Å². The molecule has 0 aliphatic heterocycles. The highest BCUT2D eigenvalue weighted by molar-refractivity contribution is 7.13. The van der Waals surface area contributed by atoms with Gasteiger partial charge in [-0.1, -0.05) is 19.4 Å². The van der Waals surface area contributed by atoms with Crippen LogP contribution in [0.3, 0.4) is 0 Å². The van der Waals surface area contributed by atoms with Crippen molar-refractivity contribution in [3.8, 4) is 5.88 Å². The Hall–Kier alpha value is -2.07. The highest BCUT2D eigenvalue weighted by Gasteiger charge is 2.11. The number of nitrogens with two attached hydrogens (primary N) is 1. The van der Waals surface area contributed by atoms with Crippen molar-refractivity contribution < 1.29 is 4.74 Å². The number of nitrogens with zero attached hydrogens (tertiary/aromatic N) is 1. The smallest absolute Gasteiger partial charge is 0.212 e. The molecule has 0 unspecified atom stereocenters. The van der Waals surface area contributed by atoms with Gasteiger partial charge in [-0.05, 0) is 49.6 Å². The van der Waals surface area contributed by atoms with Crippen LogP contribution in [0.4, 0.5) is 0 Å². The molecule has 0 amide bonds. The van der Waals surface area contributed by atoms with Crippen LogP contribution in [0.15, 0.2) is 36.2 Å². The molecular weight excluding hydrogens is 304 g/mol. The molecule has 2 heterocycles. The third-order valence-electron chi connectivity index (χ3n) is 3.50. The molecule has 4 heteroatoms. The van der Waals surface area contributed by atoms with E-state index in [0.29, 0.717) is 5.88 Å². The molecule has 0 saturated carbocycles. The molecule has 3 nitrogen and oxygen atoms in total. The predicted molar refractivity (Wildman–Crippen MR) is 99.7 cm³/mol. The second-order valence-electron chi connectivity index (χ2n) is 5.51. The molecule has 2 rings (SSSR count). The Bertz CT molecular complexity index is 707. The number of aromatic nitrogens is 1. The number of pyridine rings is 1. The molecule has 0 atom stereocenters. The summed E-state index contributed by atoms with van der Waals surface area (Å²) in [6, 6.07) is 6.18. The molecule has 2 N–H and O–H groups in total. The molecule has 2 aromatic rings. The lowest BCUT2D eigenvalue weighted by Gasteiger charge is -2.06. The van der Waals surface area contributed by atoms with Gasteiger partial charge in [0.25, 0.3) is 0 Å². The van der Waals surface area contributed by atoms with Crippen molar-refractivity contribution >= 4 is 23.0 Å². The maximum absolute atomic E-state index is 5.83. The maximum Gasteiger partial charge on any atom is 0.212 e. The van der Waals surface area contributed by atoms with Gasteiger partial charge < -0.3 is 10.5 Å². The van der Waals surface area contributed by atoms with Crippen molar-refractivity contribution in [2.45, 2.75) is 33.6 Å². The number of hydrogen-bond acceptors (Lipinski definition) is 4. The summed E-state index contributed by atoms with van der Waals surface area (Å²) in [6.07, 6.45) is 8.35. The molecule has 0 bridgehead atoms. The van der Waals surface area contributed by atoms with Crippen LogP contribution in [0.25, 0.3) is 11.6 Å². The SMILES string of the molecule is CCC/C=C(/c1ccc(OC)nc1)c1cc(/C=C(\C)N)c(C)s1. The normalized spacial score (nSPS) is 12.5. The van der Waals surface area contributed by atoms with Crippen molar-refractivity contribution in [1.29, 1.82) is 0 Å². The van der Waals surface area contributed by atoms with Crippen LogP contribution in [0, 0.1) is 6.92 Å². The van der Waals surface area contributed by atoms with Crippen LogP contribution >= 0.6 is 11.3 Å². The molecular formula is C19H24N2OS. The van der Waals surface area contributed by atoms with Gasteiger partial charge in [-0.25, -0.2) is 4.98 Å². The summed E-state index contributed by atoms with van der Waals surface area (Å²) < 4.78 is 5.15. The van der Waals surface area contributed by atoms with E-state index in [4.69, 9.17) is 10.5 Å². The van der Waals surface area contributed by atoms with Crippen molar-refractivity contribution in [2.24, 2.45) is 5.73 Å². The first kappa shape index (κ1) is 17.3. The summed E-state index contributed by atoms with van der Waals surface area (Å²) in [5.74, 6) is 0.633. The summed E-state index contributed by atoms with van der Waals surface area (Å²) in [6.45, 7) is 6.23. The zero-order chi connectivity index (χ0) is 16.8. The van der Waals surface area contributed by atoms with E-state index in [-0.39, 0.29) is 0 Å². The first-order chi connectivity index (χ1) is 11.0. The Labute approximate surface area is 142 Å². The van der Waals surface area contributed by atoms with Gasteiger partial charge >= 0.3 is 0 Å². The number of unbranched alkanes of at least 4 members (excludes halogenated alkanes) is 1. The van der Waals surface area contributed by atoms with Gasteiger partial charge in [0, 0.05) is 33.3 Å². The van der Waals surface area contributed by atoms with E-state index in [1.807, 2.05) is 25.3 Å². The summed E-state index contributed by atoms with van der Waals surface area (Å²) in [5, 5.41) is 0. The molecule has 2 aromatic heterocycles. The number of allylic oxidation sites excluding steroid dienone is 2. The lowest BCUT2D eigenvalue weighted by atomic mass is 10.0. The van der Waals surface area contributed by atoms with Crippen LogP contribution in [-0.2, 0) is 0 Å². The van der Waals surface area contributed by atoms with Crippen molar-refractivity contribution in [2.75, 3.05) is 7.11 Å². The third-order valence-corrected chi connectivity index (χ3v) is 4.60. The van der Waals surface area contributed by atoms with Crippen molar-refractivity contribution in [3.05, 3.63) is 57.1 Å². The van der Waals surface area contributed by atoms with Crippen LogP contribution in [0.5, 0.6) is 5.88 Å². The Kier molecular flexibility index (Phi) is 5.99. The standard InChI is InChI=1S/C19H24N2OS/c1-5-6-7-17(15-8-9-19(22-4)21-12-15)18-11-16(10-13(2)20)14(3)23-18/h7-12H,5-6,20H2,1-4H3/b13-10+,17-7-. The summed E-state index contributed by atoms with van der Waals surface area (Å²) in [4.78, 5) is 6.86. The number of ether oxygens (including phenoxy) is 1. The van der Waals surface area contributed by atoms with Crippen LogP contribution in [0.2, 0.25) is 0 Å². The van der Waals surface area contributed by atoms with E-state index >= 15 is 0 Å². The fourth-order valence-corrected chi connectivity index (χ4v) is 3.39. The fraction of sp³-hybridized carbons (Fsp3) is 0.316. The molecule has 0 aliphatic rings. The van der Waals surface area contributed by atoms with E-state index in [9.17, 15) is 0 Å². The molecule has 0 aliphatic carbocycles. The van der Waals surface area contributed by atoms with Crippen LogP contribution in [-0.4, -0.2) is 12.1 Å². The van der Waals surface area contributed by atoms with Gasteiger partial charge in [0.15, 0.2) is 0 Å². The van der Waals surface area contributed by atoms with E-state index in [0.717, 1.165) is 24.1 Å². The van der Waals surface area contributed by atoms with Gasteiger partial charge in [-0.2, -0.15) is 0 Å². The van der Waals surface area contributed by atoms with Crippen LogP contribution in [0.1, 0.15) is 47.6 Å². The first-order valence-electron chi connectivity index (χ1n) is 7.80. The topological polar surface area (TPSA) is 48.1 Å². The van der Waals surface area contributed by atoms with Crippen molar-refractivity contribution in [1.82, 2.24) is 4.98 Å². The zero-order valence-corrected chi connectivity index (χ0v) is 15.0. The van der Waals surface area contributed by atoms with Gasteiger partial charge in [0.05, 0.1) is 7.11 Å². The number of rotatable bonds is 6. The minimum Gasteiger partial charge on any atom is -0.481 e. The van der Waals surface area contributed by atoms with Crippen LogP contribution < -0.4 is 10.5 Å². The van der Waals surface area contributed by atoms with Crippen molar-refractivity contribution in [3.63, 3.8) is 0 Å². The van der Waals surface area contributed by atoms with Gasteiger partial charge in [0.1, 0.15) is 0 Å². The van der Waals surface area contributed by atoms with E-state index in [1.54, 1.807) is 18.4 Å². The summed E-state index contributed by atoms with van der Waals surface area (Å²) >= 11 is 1.79. The Morgan fingerprint density at radius 2 is 2.17 bits per heavy atom. The molecule has 23 heavy (non-hydrogen) atoms. The molecule has 0 radical (unpaired) electrons.